The average molecular weight is 437 g/mol. The van der Waals surface area contributed by atoms with E-state index in [0.717, 1.165) is 17.8 Å². The van der Waals surface area contributed by atoms with E-state index in [9.17, 15) is 14.9 Å². The van der Waals surface area contributed by atoms with Crippen LogP contribution in [0.15, 0.2) is 36.4 Å². The molecular formula is C25H28N2O5. The Morgan fingerprint density at radius 1 is 0.969 bits per heavy atom. The van der Waals surface area contributed by atoms with Crippen LogP contribution < -0.4 is 14.8 Å². The van der Waals surface area contributed by atoms with Crippen molar-refractivity contribution in [3.8, 4) is 11.5 Å². The van der Waals surface area contributed by atoms with Crippen LogP contribution in [-0.2, 0) is 5.41 Å². The number of anilines is 1. The van der Waals surface area contributed by atoms with Crippen LogP contribution >= 0.6 is 0 Å². The van der Waals surface area contributed by atoms with E-state index in [1.165, 1.54) is 70.4 Å². The summed E-state index contributed by atoms with van der Waals surface area (Å²) in [5.41, 5.74) is 1.88. The Morgan fingerprint density at radius 3 is 2.00 bits per heavy atom. The highest BCUT2D eigenvalue weighted by atomic mass is 16.6. The second-order valence-electron chi connectivity index (χ2n) is 9.71. The molecule has 0 unspecified atom stereocenters. The molecule has 0 heterocycles. The maximum atomic E-state index is 12.9. The highest BCUT2D eigenvalue weighted by Gasteiger charge is 2.51. The van der Waals surface area contributed by atoms with Gasteiger partial charge in [-0.15, -0.1) is 0 Å². The second kappa shape index (κ2) is 7.80. The molecule has 0 saturated heterocycles. The third kappa shape index (κ3) is 3.49. The molecule has 168 valence electrons. The van der Waals surface area contributed by atoms with Crippen LogP contribution in [0, 0.1) is 27.9 Å². The highest BCUT2D eigenvalue weighted by Crippen LogP contribution is 2.60. The predicted molar refractivity (Wildman–Crippen MR) is 120 cm³/mol. The molecule has 32 heavy (non-hydrogen) atoms. The highest BCUT2D eigenvalue weighted by molar-refractivity contribution is 6.07. The molecule has 6 rings (SSSR count). The Hall–Kier alpha value is -3.09. The zero-order valence-corrected chi connectivity index (χ0v) is 18.4. The van der Waals surface area contributed by atoms with Crippen molar-refractivity contribution in [2.75, 3.05) is 19.5 Å². The van der Waals surface area contributed by atoms with Crippen molar-refractivity contribution in [3.05, 3.63) is 57.6 Å². The molecule has 0 spiro atoms. The number of hydrogen-bond acceptors (Lipinski definition) is 5. The SMILES string of the molecule is COc1cc(C(=O)Nc2ccc(C34CC5CC(CC(C5)C3)C4)cc2)c([N+](=O)[O-])cc1OC. The second-order valence-corrected chi connectivity index (χ2v) is 9.71. The number of nitro benzene ring substituents is 1. The van der Waals surface area contributed by atoms with Crippen LogP contribution in [0.25, 0.3) is 0 Å². The number of hydrogen-bond donors (Lipinski definition) is 1. The number of amides is 1. The molecule has 2 aromatic carbocycles. The number of ether oxygens (including phenoxy) is 2. The molecule has 0 aromatic heterocycles. The maximum Gasteiger partial charge on any atom is 0.286 e. The van der Waals surface area contributed by atoms with Crippen molar-refractivity contribution >= 4 is 17.3 Å². The minimum Gasteiger partial charge on any atom is -0.493 e. The summed E-state index contributed by atoms with van der Waals surface area (Å²) in [6.45, 7) is 0. The summed E-state index contributed by atoms with van der Waals surface area (Å²) >= 11 is 0. The third-order valence-corrected chi connectivity index (χ3v) is 7.74. The van der Waals surface area contributed by atoms with Crippen LogP contribution in [0.5, 0.6) is 11.5 Å². The normalized spacial score (nSPS) is 27.8. The molecule has 7 nitrogen and oxygen atoms in total. The first kappa shape index (κ1) is 20.8. The summed E-state index contributed by atoms with van der Waals surface area (Å²) in [7, 11) is 2.82. The fraction of sp³-hybridized carbons (Fsp3) is 0.480. The Morgan fingerprint density at radius 2 is 1.50 bits per heavy atom. The van der Waals surface area contributed by atoms with Gasteiger partial charge in [-0.05, 0) is 79.4 Å². The van der Waals surface area contributed by atoms with Gasteiger partial charge in [0.2, 0.25) is 0 Å². The molecule has 1 N–H and O–H groups in total. The van der Waals surface area contributed by atoms with Crippen molar-refractivity contribution in [1.29, 1.82) is 0 Å². The van der Waals surface area contributed by atoms with Crippen LogP contribution in [0.2, 0.25) is 0 Å². The van der Waals surface area contributed by atoms with E-state index in [1.807, 2.05) is 12.1 Å². The van der Waals surface area contributed by atoms with Crippen molar-refractivity contribution in [2.45, 2.75) is 43.9 Å². The number of nitrogens with zero attached hydrogens (tertiary/aromatic N) is 1. The molecule has 4 fully saturated rings. The Bertz CT molecular complexity index is 1030. The van der Waals surface area contributed by atoms with Gasteiger partial charge in [0.05, 0.1) is 25.2 Å². The minimum absolute atomic E-state index is 0.0715. The van der Waals surface area contributed by atoms with E-state index in [4.69, 9.17) is 9.47 Å². The van der Waals surface area contributed by atoms with Crippen LogP contribution in [0.4, 0.5) is 11.4 Å². The van der Waals surface area contributed by atoms with Gasteiger partial charge in [-0.2, -0.15) is 0 Å². The maximum absolute atomic E-state index is 12.9. The lowest BCUT2D eigenvalue weighted by Crippen LogP contribution is -2.48. The number of nitrogens with one attached hydrogen (secondary N) is 1. The van der Waals surface area contributed by atoms with E-state index in [2.05, 4.69) is 17.4 Å². The van der Waals surface area contributed by atoms with Crippen molar-refractivity contribution in [3.63, 3.8) is 0 Å². The quantitative estimate of drug-likeness (QED) is 0.488. The fourth-order valence-electron chi connectivity index (χ4n) is 6.77. The fourth-order valence-corrected chi connectivity index (χ4v) is 6.77. The average Bonchev–Trinajstić information content (AvgIpc) is 2.77. The molecule has 4 aliphatic carbocycles. The largest absolute Gasteiger partial charge is 0.493 e. The predicted octanol–water partition coefficient (Wildman–Crippen LogP) is 5.33. The smallest absolute Gasteiger partial charge is 0.286 e. The number of carbonyl (C=O) groups is 1. The summed E-state index contributed by atoms with van der Waals surface area (Å²) < 4.78 is 10.3. The summed E-state index contributed by atoms with van der Waals surface area (Å²) in [6.07, 6.45) is 8.04. The number of carbonyl (C=O) groups excluding carboxylic acids is 1. The van der Waals surface area contributed by atoms with Gasteiger partial charge in [0, 0.05) is 11.8 Å². The molecule has 0 atom stereocenters. The van der Waals surface area contributed by atoms with E-state index >= 15 is 0 Å². The van der Waals surface area contributed by atoms with Gasteiger partial charge < -0.3 is 14.8 Å². The Balaban J connectivity index is 1.37. The van der Waals surface area contributed by atoms with Gasteiger partial charge in [0.15, 0.2) is 11.5 Å². The zero-order valence-electron chi connectivity index (χ0n) is 18.4. The monoisotopic (exact) mass is 436 g/mol. The van der Waals surface area contributed by atoms with E-state index in [1.54, 1.807) is 0 Å². The third-order valence-electron chi connectivity index (χ3n) is 7.74. The summed E-state index contributed by atoms with van der Waals surface area (Å²) in [4.78, 5) is 23.8. The number of rotatable bonds is 6. The lowest BCUT2D eigenvalue weighted by molar-refractivity contribution is -0.385. The topological polar surface area (TPSA) is 90.7 Å². The standard InChI is InChI=1S/C25H28N2O5/c1-31-22-10-20(21(27(29)30)11-23(22)32-2)24(28)26-19-5-3-18(4-6-19)25-12-15-7-16(13-25)9-17(8-15)14-25/h3-6,10-11,15-17H,7-9,12-14H2,1-2H3,(H,26,28). The number of methoxy groups -OCH3 is 2. The first-order chi connectivity index (χ1) is 15.4. The summed E-state index contributed by atoms with van der Waals surface area (Å²) in [5, 5.41) is 14.3. The van der Waals surface area contributed by atoms with Crippen LogP contribution in [0.3, 0.4) is 0 Å². The molecule has 7 heteroatoms. The summed E-state index contributed by atoms with van der Waals surface area (Å²) in [5.74, 6) is 2.51. The van der Waals surface area contributed by atoms with E-state index in [-0.39, 0.29) is 22.7 Å². The molecule has 0 radical (unpaired) electrons. The Kier molecular flexibility index (Phi) is 5.07. The molecule has 2 aromatic rings. The minimum atomic E-state index is -0.590. The molecule has 1 amide bonds. The lowest BCUT2D eigenvalue weighted by Gasteiger charge is -2.57. The van der Waals surface area contributed by atoms with Crippen molar-refractivity contribution in [2.24, 2.45) is 17.8 Å². The van der Waals surface area contributed by atoms with E-state index in [0.29, 0.717) is 11.1 Å². The van der Waals surface area contributed by atoms with Gasteiger partial charge in [0.1, 0.15) is 5.56 Å². The molecule has 4 aliphatic rings. The van der Waals surface area contributed by atoms with Gasteiger partial charge in [-0.3, -0.25) is 14.9 Å². The van der Waals surface area contributed by atoms with Crippen LogP contribution in [-0.4, -0.2) is 25.1 Å². The van der Waals surface area contributed by atoms with Gasteiger partial charge in [0.25, 0.3) is 11.6 Å². The molecule has 4 bridgehead atoms. The number of benzene rings is 2. The number of nitro groups is 1. The Labute approximate surface area is 187 Å². The van der Waals surface area contributed by atoms with Crippen molar-refractivity contribution in [1.82, 2.24) is 0 Å². The van der Waals surface area contributed by atoms with Gasteiger partial charge in [-0.1, -0.05) is 12.1 Å². The lowest BCUT2D eigenvalue weighted by atomic mass is 9.48. The van der Waals surface area contributed by atoms with E-state index < -0.39 is 10.8 Å². The van der Waals surface area contributed by atoms with Gasteiger partial charge >= 0.3 is 0 Å². The van der Waals surface area contributed by atoms with Crippen LogP contribution in [0.1, 0.15) is 54.4 Å². The zero-order chi connectivity index (χ0) is 22.5. The summed E-state index contributed by atoms with van der Waals surface area (Å²) in [6, 6.07) is 10.6. The van der Waals surface area contributed by atoms with Gasteiger partial charge in [-0.25, -0.2) is 0 Å². The van der Waals surface area contributed by atoms with Crippen molar-refractivity contribution < 1.29 is 19.2 Å². The molecule has 4 saturated carbocycles. The first-order valence-corrected chi connectivity index (χ1v) is 11.2. The first-order valence-electron chi connectivity index (χ1n) is 11.2. The molecule has 0 aliphatic heterocycles. The molecular weight excluding hydrogens is 408 g/mol.